The average molecular weight is 635 g/mol. The van der Waals surface area contributed by atoms with Gasteiger partial charge in [0, 0.05) is 19.0 Å². The summed E-state index contributed by atoms with van der Waals surface area (Å²) in [7, 11) is 0. The van der Waals surface area contributed by atoms with E-state index < -0.39 is 59.4 Å². The number of carbonyl (C=O) groups excluding carboxylic acids is 2. The van der Waals surface area contributed by atoms with E-state index >= 15 is 0 Å². The number of aromatic nitrogens is 2. The van der Waals surface area contributed by atoms with Crippen LogP contribution in [0.15, 0.2) is 54.7 Å². The maximum absolute atomic E-state index is 14.2. The molecule has 12 heteroatoms. The highest BCUT2D eigenvalue weighted by Gasteiger charge is 2.36. The minimum atomic E-state index is -4.46. The molecule has 0 fully saturated rings. The van der Waals surface area contributed by atoms with Gasteiger partial charge in [-0.25, -0.2) is 18.2 Å². The number of ether oxygens (including phenoxy) is 2. The number of esters is 1. The monoisotopic (exact) mass is 634 g/mol. The number of benzene rings is 2. The van der Waals surface area contributed by atoms with Crippen molar-refractivity contribution >= 4 is 17.4 Å². The molecule has 240 valence electrons. The molecule has 2 aromatic heterocycles. The first-order valence-corrected chi connectivity index (χ1v) is 14.2. The van der Waals surface area contributed by atoms with E-state index in [0.29, 0.717) is 11.6 Å². The second kappa shape index (κ2) is 13.7. The number of hydrogen-bond acceptors (Lipinski definition) is 5. The number of imidazole rings is 1. The van der Waals surface area contributed by atoms with Gasteiger partial charge in [-0.3, -0.25) is 14.0 Å². The number of rotatable bonds is 13. The fourth-order valence-corrected chi connectivity index (χ4v) is 5.07. The van der Waals surface area contributed by atoms with Crippen LogP contribution in [0.2, 0.25) is 0 Å². The smallest absolute Gasteiger partial charge is 0.389 e. The Morgan fingerprint density at radius 1 is 0.911 bits per heavy atom. The van der Waals surface area contributed by atoms with Crippen LogP contribution in [-0.2, 0) is 22.7 Å². The summed E-state index contributed by atoms with van der Waals surface area (Å²) in [6, 6.07) is 11.8. The van der Waals surface area contributed by atoms with Crippen molar-refractivity contribution in [1.82, 2.24) is 9.38 Å². The standard InChI is InChI=1S/C33H32F6N2O4/c1-20-15-27(44-19-23-24(34)9-10-25(35)29(23)36)31-40-21(2)30(41(31)17-20)26(42)11-12-32(3,13-14-33(37,38)39)16-28(43)45-18-22-7-5-4-6-8-22/h4-10,15,17H,11-14,16,18-19H2,1-3H3. The number of carbonyl (C=O) groups is 2. The molecule has 0 saturated heterocycles. The Bertz CT molecular complexity index is 1690. The molecule has 0 aliphatic heterocycles. The summed E-state index contributed by atoms with van der Waals surface area (Å²) in [6.07, 6.45) is -4.93. The van der Waals surface area contributed by atoms with Crippen LogP contribution in [0.1, 0.15) is 71.9 Å². The summed E-state index contributed by atoms with van der Waals surface area (Å²) in [5, 5.41) is 0. The van der Waals surface area contributed by atoms with E-state index in [4.69, 9.17) is 9.47 Å². The van der Waals surface area contributed by atoms with Gasteiger partial charge in [0.2, 0.25) is 0 Å². The van der Waals surface area contributed by atoms with Gasteiger partial charge in [0.15, 0.2) is 28.8 Å². The Kier molecular flexibility index (Phi) is 10.2. The van der Waals surface area contributed by atoms with Gasteiger partial charge in [-0.2, -0.15) is 13.2 Å². The van der Waals surface area contributed by atoms with Crippen LogP contribution in [0.4, 0.5) is 26.3 Å². The number of aryl methyl sites for hydroxylation is 2. The molecule has 0 amide bonds. The van der Waals surface area contributed by atoms with E-state index in [0.717, 1.165) is 11.6 Å². The highest BCUT2D eigenvalue weighted by molar-refractivity contribution is 5.96. The number of hydrogen-bond donors (Lipinski definition) is 0. The summed E-state index contributed by atoms with van der Waals surface area (Å²) in [5.74, 6) is -4.64. The zero-order chi connectivity index (χ0) is 32.9. The predicted molar refractivity (Wildman–Crippen MR) is 153 cm³/mol. The van der Waals surface area contributed by atoms with Crippen LogP contribution < -0.4 is 4.74 Å². The van der Waals surface area contributed by atoms with Crippen molar-refractivity contribution in [3.63, 3.8) is 0 Å². The normalized spacial score (nSPS) is 13.1. The van der Waals surface area contributed by atoms with Gasteiger partial charge in [0.05, 0.1) is 17.7 Å². The zero-order valence-electron chi connectivity index (χ0n) is 24.9. The fraction of sp³-hybridized carbons (Fsp3) is 0.364. The summed E-state index contributed by atoms with van der Waals surface area (Å²) >= 11 is 0. The van der Waals surface area contributed by atoms with Gasteiger partial charge in [-0.15, -0.1) is 0 Å². The van der Waals surface area contributed by atoms with Gasteiger partial charge in [-0.05, 0) is 61.4 Å². The third-order valence-corrected chi connectivity index (χ3v) is 7.55. The van der Waals surface area contributed by atoms with Crippen molar-refractivity contribution < 1.29 is 45.4 Å². The highest BCUT2D eigenvalue weighted by Crippen LogP contribution is 2.38. The lowest BCUT2D eigenvalue weighted by atomic mass is 9.77. The Balaban J connectivity index is 1.52. The van der Waals surface area contributed by atoms with Crippen LogP contribution >= 0.6 is 0 Å². The average Bonchev–Trinajstić information content (AvgIpc) is 3.31. The summed E-state index contributed by atoms with van der Waals surface area (Å²) in [5.41, 5.74) is 0.102. The molecule has 4 rings (SSSR count). The lowest BCUT2D eigenvalue weighted by Crippen LogP contribution is -2.26. The topological polar surface area (TPSA) is 69.9 Å². The maximum atomic E-state index is 14.2. The minimum Gasteiger partial charge on any atom is -0.485 e. The largest absolute Gasteiger partial charge is 0.485 e. The number of halogens is 6. The third kappa shape index (κ3) is 8.64. The number of fused-ring (bicyclic) bond motifs is 1. The third-order valence-electron chi connectivity index (χ3n) is 7.55. The van der Waals surface area contributed by atoms with E-state index in [1.807, 2.05) is 0 Å². The summed E-state index contributed by atoms with van der Waals surface area (Å²) < 4.78 is 93.9. The first-order valence-electron chi connectivity index (χ1n) is 14.2. The quantitative estimate of drug-likeness (QED) is 0.0640. The Morgan fingerprint density at radius 3 is 2.29 bits per heavy atom. The van der Waals surface area contributed by atoms with Crippen molar-refractivity contribution in [1.29, 1.82) is 0 Å². The number of nitrogens with zero attached hydrogens (tertiary/aromatic N) is 2. The lowest BCUT2D eigenvalue weighted by Gasteiger charge is -2.29. The number of pyridine rings is 1. The Labute approximate surface area is 256 Å². The van der Waals surface area contributed by atoms with Crippen molar-refractivity contribution in [2.45, 2.75) is 72.3 Å². The Morgan fingerprint density at radius 2 is 1.60 bits per heavy atom. The van der Waals surface area contributed by atoms with E-state index in [1.165, 1.54) is 11.3 Å². The summed E-state index contributed by atoms with van der Waals surface area (Å²) in [6.45, 7) is 4.10. The number of alkyl halides is 3. The molecule has 2 heterocycles. The van der Waals surface area contributed by atoms with Gasteiger partial charge < -0.3 is 9.47 Å². The molecule has 0 saturated carbocycles. The minimum absolute atomic E-state index is 0.0305. The van der Waals surface area contributed by atoms with Gasteiger partial charge >= 0.3 is 12.1 Å². The SMILES string of the molecule is Cc1cc(OCc2c(F)ccc(F)c2F)c2nc(C)c(C(=O)CCC(C)(CCC(F)(F)F)CC(=O)OCc3ccccc3)n2c1. The van der Waals surface area contributed by atoms with Crippen molar-refractivity contribution in [3.8, 4) is 5.75 Å². The molecular weight excluding hydrogens is 602 g/mol. The maximum Gasteiger partial charge on any atom is 0.389 e. The second-order valence-corrected chi connectivity index (χ2v) is 11.4. The van der Waals surface area contributed by atoms with E-state index in [9.17, 15) is 35.9 Å². The molecule has 1 unspecified atom stereocenters. The molecule has 0 aliphatic rings. The molecule has 0 radical (unpaired) electrons. The first-order chi connectivity index (χ1) is 21.2. The molecule has 0 spiro atoms. The van der Waals surface area contributed by atoms with Crippen LogP contribution in [-0.4, -0.2) is 27.3 Å². The van der Waals surface area contributed by atoms with Crippen molar-refractivity contribution in [2.75, 3.05) is 0 Å². The molecule has 1 atom stereocenters. The zero-order valence-corrected chi connectivity index (χ0v) is 24.9. The first kappa shape index (κ1) is 33.5. The van der Waals surface area contributed by atoms with Gasteiger partial charge in [0.25, 0.3) is 0 Å². The number of Topliss-reactive ketones (excluding diaryl/α,β-unsaturated/α-hetero) is 1. The molecule has 0 aliphatic carbocycles. The molecule has 0 N–H and O–H groups in total. The molecule has 6 nitrogen and oxygen atoms in total. The van der Waals surface area contributed by atoms with Gasteiger partial charge in [-0.1, -0.05) is 37.3 Å². The number of ketones is 1. The molecule has 2 aromatic carbocycles. The van der Waals surface area contributed by atoms with Crippen LogP contribution in [0.25, 0.3) is 5.65 Å². The molecule has 45 heavy (non-hydrogen) atoms. The summed E-state index contributed by atoms with van der Waals surface area (Å²) in [4.78, 5) is 30.6. The highest BCUT2D eigenvalue weighted by atomic mass is 19.4. The Hall–Kier alpha value is -4.35. The van der Waals surface area contributed by atoms with Crippen molar-refractivity contribution in [3.05, 3.63) is 100 Å². The molecule has 0 bridgehead atoms. The second-order valence-electron chi connectivity index (χ2n) is 11.4. The van der Waals surface area contributed by atoms with Gasteiger partial charge in [0.1, 0.15) is 24.7 Å². The van der Waals surface area contributed by atoms with Crippen molar-refractivity contribution in [2.24, 2.45) is 5.41 Å². The molecule has 4 aromatic rings. The van der Waals surface area contributed by atoms with E-state index in [-0.39, 0.29) is 55.1 Å². The van der Waals surface area contributed by atoms with Crippen LogP contribution in [0.3, 0.4) is 0 Å². The predicted octanol–water partition coefficient (Wildman–Crippen LogP) is 8.39. The van der Waals surface area contributed by atoms with Crippen LogP contribution in [0.5, 0.6) is 5.75 Å². The fourth-order valence-electron chi connectivity index (χ4n) is 5.07. The van der Waals surface area contributed by atoms with Crippen LogP contribution in [0, 0.1) is 36.7 Å². The molecular formula is C33H32F6N2O4. The van der Waals surface area contributed by atoms with E-state index in [2.05, 4.69) is 4.98 Å². The lowest BCUT2D eigenvalue weighted by molar-refractivity contribution is -0.152. The van der Waals surface area contributed by atoms with E-state index in [1.54, 1.807) is 56.4 Å².